The van der Waals surface area contributed by atoms with Crippen LogP contribution in [0.4, 0.5) is 0 Å². The maximum atomic E-state index is 11.9. The van der Waals surface area contributed by atoms with E-state index in [4.69, 9.17) is 9.15 Å². The number of rotatable bonds is 8. The summed E-state index contributed by atoms with van der Waals surface area (Å²) in [4.78, 5) is 25.3. The fourth-order valence-corrected chi connectivity index (χ4v) is 3.55. The molecule has 0 atom stereocenters. The first-order valence-electron chi connectivity index (χ1n) is 7.46. The predicted octanol–water partition coefficient (Wildman–Crippen LogP) is 2.61. The Morgan fingerprint density at radius 1 is 1.16 bits per heavy atom. The van der Waals surface area contributed by atoms with Crippen LogP contribution in [0.2, 0.25) is 0 Å². The van der Waals surface area contributed by atoms with E-state index in [1.807, 2.05) is 13.0 Å². The summed E-state index contributed by atoms with van der Waals surface area (Å²) in [5, 5.41) is -0.216. The summed E-state index contributed by atoms with van der Waals surface area (Å²) >= 11 is 1.39. The van der Waals surface area contributed by atoms with E-state index < -0.39 is 16.0 Å². The van der Waals surface area contributed by atoms with Gasteiger partial charge in [0, 0.05) is 25.4 Å². The molecule has 0 bridgehead atoms. The van der Waals surface area contributed by atoms with Gasteiger partial charge in [0.2, 0.25) is 5.09 Å². The average Bonchev–Trinajstić information content (AvgIpc) is 3.19. The van der Waals surface area contributed by atoms with Crippen LogP contribution in [0.15, 0.2) is 33.8 Å². The van der Waals surface area contributed by atoms with Crippen molar-refractivity contribution in [2.75, 3.05) is 14.1 Å². The molecular weight excluding hydrogens is 366 g/mol. The molecule has 0 saturated heterocycles. The first-order chi connectivity index (χ1) is 11.7. The van der Waals surface area contributed by atoms with Crippen LogP contribution < -0.4 is 0 Å². The van der Waals surface area contributed by atoms with E-state index in [9.17, 15) is 18.0 Å². The normalized spacial score (nSPS) is 11.7. The Kier molecular flexibility index (Phi) is 6.15. The summed E-state index contributed by atoms with van der Waals surface area (Å²) in [7, 11) is -0.877. The standard InChI is InChI=1S/C16H19NO6S2/c1-11-4-7-14(24-11)13(18)6-8-15(19)22-10-12-5-9-16(23-12)25(20,21)17(2)3/h4-5,7,9H,6,8,10H2,1-3H3. The smallest absolute Gasteiger partial charge is 0.306 e. The van der Waals surface area contributed by atoms with Gasteiger partial charge in [0.1, 0.15) is 12.4 Å². The van der Waals surface area contributed by atoms with Crippen molar-refractivity contribution >= 4 is 33.1 Å². The Hall–Kier alpha value is -1.97. The number of hydrogen-bond donors (Lipinski definition) is 0. The van der Waals surface area contributed by atoms with Crippen LogP contribution in [0, 0.1) is 6.92 Å². The van der Waals surface area contributed by atoms with Gasteiger partial charge in [-0.3, -0.25) is 9.59 Å². The molecule has 2 aromatic rings. The minimum atomic E-state index is -3.66. The van der Waals surface area contributed by atoms with Gasteiger partial charge in [-0.15, -0.1) is 11.3 Å². The molecule has 0 aromatic carbocycles. The zero-order valence-electron chi connectivity index (χ0n) is 14.1. The molecule has 136 valence electrons. The van der Waals surface area contributed by atoms with E-state index in [0.717, 1.165) is 9.18 Å². The summed E-state index contributed by atoms with van der Waals surface area (Å²) in [5.41, 5.74) is 0. The highest BCUT2D eigenvalue weighted by molar-refractivity contribution is 7.88. The summed E-state index contributed by atoms with van der Waals surface area (Å²) in [6.07, 6.45) is 0.0243. The highest BCUT2D eigenvalue weighted by Gasteiger charge is 2.21. The van der Waals surface area contributed by atoms with Crippen molar-refractivity contribution in [1.82, 2.24) is 4.31 Å². The highest BCUT2D eigenvalue weighted by Crippen LogP contribution is 2.19. The van der Waals surface area contributed by atoms with Gasteiger partial charge in [0.05, 0.1) is 11.3 Å². The average molecular weight is 385 g/mol. The van der Waals surface area contributed by atoms with E-state index in [2.05, 4.69) is 0 Å². The fraction of sp³-hybridized carbons (Fsp3) is 0.375. The van der Waals surface area contributed by atoms with Gasteiger partial charge in [-0.1, -0.05) is 0 Å². The first-order valence-corrected chi connectivity index (χ1v) is 9.72. The molecule has 2 heterocycles. The van der Waals surface area contributed by atoms with Crippen LogP contribution >= 0.6 is 11.3 Å². The molecule has 0 aliphatic heterocycles. The maximum absolute atomic E-state index is 11.9. The van der Waals surface area contributed by atoms with Crippen LogP contribution in [0.25, 0.3) is 0 Å². The topological polar surface area (TPSA) is 93.9 Å². The summed E-state index contributed by atoms with van der Waals surface area (Å²) in [5.74, 6) is -0.434. The second-order valence-electron chi connectivity index (χ2n) is 5.50. The van der Waals surface area contributed by atoms with E-state index in [-0.39, 0.29) is 36.1 Å². The zero-order chi connectivity index (χ0) is 18.6. The largest absolute Gasteiger partial charge is 0.457 e. The SMILES string of the molecule is Cc1ccc(C(=O)CCC(=O)OCc2ccc(S(=O)(=O)N(C)C)o2)s1. The summed E-state index contributed by atoms with van der Waals surface area (Å²) in [6.45, 7) is 1.72. The molecule has 0 unspecified atom stereocenters. The molecule has 0 N–H and O–H groups in total. The highest BCUT2D eigenvalue weighted by atomic mass is 32.2. The number of nitrogens with zero attached hydrogens (tertiary/aromatic N) is 1. The molecule has 0 spiro atoms. The van der Waals surface area contributed by atoms with Gasteiger partial charge in [0.25, 0.3) is 10.0 Å². The van der Waals surface area contributed by atoms with Gasteiger partial charge in [-0.25, -0.2) is 12.7 Å². The number of ketones is 1. The maximum Gasteiger partial charge on any atom is 0.306 e. The third-order valence-electron chi connectivity index (χ3n) is 3.32. The van der Waals surface area contributed by atoms with E-state index in [1.165, 1.54) is 37.6 Å². The molecule has 2 aromatic heterocycles. The second-order valence-corrected chi connectivity index (χ2v) is 8.87. The molecule has 0 amide bonds. The lowest BCUT2D eigenvalue weighted by Gasteiger charge is -2.07. The molecular formula is C16H19NO6S2. The van der Waals surface area contributed by atoms with Gasteiger partial charge in [-0.2, -0.15) is 0 Å². The van der Waals surface area contributed by atoms with E-state index in [0.29, 0.717) is 4.88 Å². The second kappa shape index (κ2) is 7.94. The van der Waals surface area contributed by atoms with Crippen molar-refractivity contribution in [3.8, 4) is 0 Å². The van der Waals surface area contributed by atoms with Crippen molar-refractivity contribution < 1.29 is 27.2 Å². The molecule has 0 aliphatic rings. The molecule has 0 aliphatic carbocycles. The van der Waals surface area contributed by atoms with Gasteiger partial charge >= 0.3 is 5.97 Å². The van der Waals surface area contributed by atoms with Crippen LogP contribution in [0.3, 0.4) is 0 Å². The van der Waals surface area contributed by atoms with Crippen molar-refractivity contribution in [3.05, 3.63) is 39.8 Å². The van der Waals surface area contributed by atoms with E-state index in [1.54, 1.807) is 6.07 Å². The van der Waals surface area contributed by atoms with Gasteiger partial charge in [0.15, 0.2) is 5.78 Å². The van der Waals surface area contributed by atoms with Crippen LogP contribution in [0.5, 0.6) is 0 Å². The minimum absolute atomic E-state index is 0.0423. The molecule has 0 saturated carbocycles. The Labute approximate surface area is 150 Å². The number of ether oxygens (including phenoxy) is 1. The minimum Gasteiger partial charge on any atom is -0.457 e. The summed E-state index contributed by atoms with van der Waals surface area (Å²) in [6, 6.07) is 6.33. The first kappa shape index (κ1) is 19.4. The Balaban J connectivity index is 1.82. The number of aryl methyl sites for hydroxylation is 1. The number of carbonyl (C=O) groups is 2. The van der Waals surface area contributed by atoms with Crippen molar-refractivity contribution in [2.45, 2.75) is 31.5 Å². The van der Waals surface area contributed by atoms with Crippen LogP contribution in [-0.4, -0.2) is 38.6 Å². The number of carbonyl (C=O) groups excluding carboxylic acids is 2. The summed E-state index contributed by atoms with van der Waals surface area (Å²) < 4.78 is 35.0. The molecule has 2 rings (SSSR count). The molecule has 0 fully saturated rings. The molecule has 25 heavy (non-hydrogen) atoms. The van der Waals surface area contributed by atoms with Crippen LogP contribution in [0.1, 0.15) is 33.2 Å². The zero-order valence-corrected chi connectivity index (χ0v) is 15.8. The fourth-order valence-electron chi connectivity index (χ4n) is 1.90. The quantitative estimate of drug-likeness (QED) is 0.512. The number of thiophene rings is 1. The molecule has 0 radical (unpaired) electrons. The number of esters is 1. The lowest BCUT2D eigenvalue weighted by molar-refractivity contribution is -0.145. The van der Waals surface area contributed by atoms with Crippen molar-refractivity contribution in [1.29, 1.82) is 0 Å². The number of sulfonamides is 1. The number of furan rings is 1. The van der Waals surface area contributed by atoms with Crippen molar-refractivity contribution in [2.24, 2.45) is 0 Å². The Bertz CT molecular complexity index is 863. The molecule has 7 nitrogen and oxygen atoms in total. The Morgan fingerprint density at radius 3 is 2.48 bits per heavy atom. The van der Waals surface area contributed by atoms with Crippen molar-refractivity contribution in [3.63, 3.8) is 0 Å². The monoisotopic (exact) mass is 385 g/mol. The predicted molar refractivity (Wildman–Crippen MR) is 92.0 cm³/mol. The lowest BCUT2D eigenvalue weighted by Crippen LogP contribution is -2.21. The third kappa shape index (κ3) is 5.00. The number of Topliss-reactive ketones (excluding diaryl/α,β-unsaturated/α-hetero) is 1. The van der Waals surface area contributed by atoms with E-state index >= 15 is 0 Å². The Morgan fingerprint density at radius 2 is 1.88 bits per heavy atom. The lowest BCUT2D eigenvalue weighted by atomic mass is 10.2. The molecule has 9 heteroatoms. The van der Waals surface area contributed by atoms with Gasteiger partial charge < -0.3 is 9.15 Å². The number of hydrogen-bond acceptors (Lipinski definition) is 7. The van der Waals surface area contributed by atoms with Crippen LogP contribution in [-0.2, 0) is 26.2 Å². The third-order valence-corrected chi connectivity index (χ3v) is 6.05. The van der Waals surface area contributed by atoms with Gasteiger partial charge in [-0.05, 0) is 31.2 Å².